The van der Waals surface area contributed by atoms with Gasteiger partial charge < -0.3 is 5.32 Å². The number of nitrogens with one attached hydrogen (secondary N) is 1. The van der Waals surface area contributed by atoms with Crippen LogP contribution in [0.15, 0.2) is 60.7 Å². The minimum absolute atomic E-state index is 0.149. The molecule has 3 amide bonds. The van der Waals surface area contributed by atoms with Gasteiger partial charge in [0.2, 0.25) is 5.91 Å². The zero-order valence-corrected chi connectivity index (χ0v) is 16.4. The Hall–Kier alpha value is -3.18. The van der Waals surface area contributed by atoms with Gasteiger partial charge >= 0.3 is 0 Å². The largest absolute Gasteiger partial charge is 0.352 e. The Bertz CT molecular complexity index is 1080. The normalized spacial score (nSPS) is 13.1. The number of rotatable bonds is 6. The summed E-state index contributed by atoms with van der Waals surface area (Å²) in [6.07, 6.45) is 0.608. The van der Waals surface area contributed by atoms with Gasteiger partial charge in [-0.25, -0.2) is 0 Å². The number of benzene rings is 3. The lowest BCUT2D eigenvalue weighted by molar-refractivity contribution is -0.121. The van der Waals surface area contributed by atoms with E-state index in [1.54, 1.807) is 18.2 Å². The van der Waals surface area contributed by atoms with Crippen molar-refractivity contribution in [3.63, 3.8) is 0 Å². The first kappa shape index (κ1) is 19.2. The van der Waals surface area contributed by atoms with Gasteiger partial charge in [-0.15, -0.1) is 0 Å². The SMILES string of the molecule is O=C(CCCN1C(=O)c2cccc3cccc(c23)C1=O)NCc1ccccc1Cl. The van der Waals surface area contributed by atoms with Crippen molar-refractivity contribution in [3.05, 3.63) is 82.4 Å². The number of nitrogens with zero attached hydrogens (tertiary/aromatic N) is 1. The highest BCUT2D eigenvalue weighted by Crippen LogP contribution is 2.30. The monoisotopic (exact) mass is 406 g/mol. The molecular formula is C23H19ClN2O3. The number of carbonyl (C=O) groups excluding carboxylic acids is 3. The van der Waals surface area contributed by atoms with Crippen molar-refractivity contribution in [3.8, 4) is 0 Å². The summed E-state index contributed by atoms with van der Waals surface area (Å²) in [6, 6.07) is 18.2. The standard InChI is InChI=1S/C23H19ClN2O3/c24-19-11-2-1-6-16(19)14-25-20(27)12-5-13-26-22(28)17-9-3-7-15-8-4-10-18(21(15)17)23(26)29/h1-4,6-11H,5,12-14H2,(H,25,27). The van der Waals surface area contributed by atoms with Crippen LogP contribution in [-0.4, -0.2) is 29.2 Å². The van der Waals surface area contributed by atoms with E-state index in [0.717, 1.165) is 10.9 Å². The molecule has 4 rings (SSSR count). The Balaban J connectivity index is 1.38. The summed E-state index contributed by atoms with van der Waals surface area (Å²) in [5, 5.41) is 5.00. The van der Waals surface area contributed by atoms with Crippen molar-refractivity contribution in [2.24, 2.45) is 0 Å². The minimum atomic E-state index is -0.309. The Morgan fingerprint density at radius 2 is 1.55 bits per heavy atom. The summed E-state index contributed by atoms with van der Waals surface area (Å²) in [4.78, 5) is 39.0. The molecule has 1 aliphatic heterocycles. The van der Waals surface area contributed by atoms with E-state index in [4.69, 9.17) is 11.6 Å². The van der Waals surface area contributed by atoms with Gasteiger partial charge in [0.25, 0.3) is 11.8 Å². The van der Waals surface area contributed by atoms with E-state index in [1.807, 2.05) is 42.5 Å². The molecule has 0 aromatic heterocycles. The highest BCUT2D eigenvalue weighted by molar-refractivity contribution is 6.31. The number of carbonyl (C=O) groups is 3. The zero-order valence-electron chi connectivity index (χ0n) is 15.7. The van der Waals surface area contributed by atoms with Crippen molar-refractivity contribution in [2.45, 2.75) is 19.4 Å². The van der Waals surface area contributed by atoms with Crippen LogP contribution in [0, 0.1) is 0 Å². The van der Waals surface area contributed by atoms with Crippen molar-refractivity contribution >= 4 is 40.1 Å². The van der Waals surface area contributed by atoms with Gasteiger partial charge in [-0.05, 0) is 35.6 Å². The third-order valence-corrected chi connectivity index (χ3v) is 5.44. The van der Waals surface area contributed by atoms with Crippen LogP contribution in [0.1, 0.15) is 39.1 Å². The Morgan fingerprint density at radius 3 is 2.21 bits per heavy atom. The maximum atomic E-state index is 12.8. The molecule has 1 N–H and O–H groups in total. The van der Waals surface area contributed by atoms with Crippen molar-refractivity contribution in [1.82, 2.24) is 10.2 Å². The van der Waals surface area contributed by atoms with Gasteiger partial charge in [-0.1, -0.05) is 54.1 Å². The molecule has 0 saturated carbocycles. The average Bonchev–Trinajstić information content (AvgIpc) is 2.73. The van der Waals surface area contributed by atoms with Crippen molar-refractivity contribution in [1.29, 1.82) is 0 Å². The van der Waals surface area contributed by atoms with Crippen LogP contribution in [0.4, 0.5) is 0 Å². The smallest absolute Gasteiger partial charge is 0.261 e. The summed E-state index contributed by atoms with van der Waals surface area (Å²) in [5.74, 6) is -0.768. The van der Waals surface area contributed by atoms with Crippen LogP contribution < -0.4 is 5.32 Å². The van der Waals surface area contributed by atoms with Crippen LogP contribution in [0.5, 0.6) is 0 Å². The summed E-state index contributed by atoms with van der Waals surface area (Å²) in [7, 11) is 0. The third kappa shape index (κ3) is 3.74. The topological polar surface area (TPSA) is 66.5 Å². The molecule has 0 fully saturated rings. The lowest BCUT2D eigenvalue weighted by Gasteiger charge is -2.27. The summed E-state index contributed by atoms with van der Waals surface area (Å²) in [5.41, 5.74) is 1.90. The van der Waals surface area contributed by atoms with Gasteiger partial charge in [0.15, 0.2) is 0 Å². The van der Waals surface area contributed by atoms with Crippen LogP contribution in [0.25, 0.3) is 10.8 Å². The summed E-state index contributed by atoms with van der Waals surface area (Å²) in [6.45, 7) is 0.539. The zero-order chi connectivity index (χ0) is 20.4. The molecule has 5 nitrogen and oxygen atoms in total. The first-order chi connectivity index (χ1) is 14.1. The summed E-state index contributed by atoms with van der Waals surface area (Å²) < 4.78 is 0. The van der Waals surface area contributed by atoms with E-state index >= 15 is 0 Å². The number of imide groups is 1. The second-order valence-electron chi connectivity index (χ2n) is 6.94. The van der Waals surface area contributed by atoms with Gasteiger partial charge in [0.1, 0.15) is 0 Å². The summed E-state index contributed by atoms with van der Waals surface area (Å²) >= 11 is 6.09. The highest BCUT2D eigenvalue weighted by Gasteiger charge is 2.32. The van der Waals surface area contributed by atoms with Crippen LogP contribution >= 0.6 is 11.6 Å². The van der Waals surface area contributed by atoms with E-state index in [9.17, 15) is 14.4 Å². The fourth-order valence-corrected chi connectivity index (χ4v) is 3.81. The van der Waals surface area contributed by atoms with Gasteiger partial charge in [-0.3, -0.25) is 19.3 Å². The predicted molar refractivity (Wildman–Crippen MR) is 112 cm³/mol. The van der Waals surface area contributed by atoms with Crippen molar-refractivity contribution in [2.75, 3.05) is 6.54 Å². The molecule has 0 bridgehead atoms. The van der Waals surface area contributed by atoms with Crippen molar-refractivity contribution < 1.29 is 14.4 Å². The van der Waals surface area contributed by atoms with Gasteiger partial charge in [0, 0.05) is 41.0 Å². The molecular weight excluding hydrogens is 388 g/mol. The predicted octanol–water partition coefficient (Wildman–Crippen LogP) is 4.19. The molecule has 3 aromatic carbocycles. The molecule has 29 heavy (non-hydrogen) atoms. The molecule has 0 spiro atoms. The van der Waals surface area contributed by atoms with Gasteiger partial charge in [-0.2, -0.15) is 0 Å². The second kappa shape index (κ2) is 8.05. The van der Waals surface area contributed by atoms with E-state index in [0.29, 0.717) is 34.5 Å². The first-order valence-electron chi connectivity index (χ1n) is 9.44. The Morgan fingerprint density at radius 1 is 0.897 bits per heavy atom. The highest BCUT2D eigenvalue weighted by atomic mass is 35.5. The molecule has 0 radical (unpaired) electrons. The van der Waals surface area contributed by atoms with E-state index in [1.165, 1.54) is 4.90 Å². The maximum Gasteiger partial charge on any atom is 0.261 e. The fraction of sp³-hybridized carbons (Fsp3) is 0.174. The average molecular weight is 407 g/mol. The number of halogens is 1. The number of amides is 3. The molecule has 0 unspecified atom stereocenters. The Labute approximate surface area is 173 Å². The molecule has 6 heteroatoms. The fourth-order valence-electron chi connectivity index (χ4n) is 3.61. The first-order valence-corrected chi connectivity index (χ1v) is 9.82. The molecule has 0 aliphatic carbocycles. The molecule has 3 aromatic rings. The number of hydrogen-bond acceptors (Lipinski definition) is 3. The number of hydrogen-bond donors (Lipinski definition) is 1. The molecule has 0 atom stereocenters. The van der Waals surface area contributed by atoms with Crippen LogP contribution in [0.3, 0.4) is 0 Å². The van der Waals surface area contributed by atoms with Crippen LogP contribution in [-0.2, 0) is 11.3 Å². The van der Waals surface area contributed by atoms with Gasteiger partial charge in [0.05, 0.1) is 0 Å². The second-order valence-corrected chi connectivity index (χ2v) is 7.35. The molecule has 146 valence electrons. The van der Waals surface area contributed by atoms with E-state index < -0.39 is 0 Å². The Kier molecular flexibility index (Phi) is 5.32. The molecule has 1 aliphatic rings. The van der Waals surface area contributed by atoms with E-state index in [2.05, 4.69) is 5.32 Å². The lowest BCUT2D eigenvalue weighted by Crippen LogP contribution is -2.41. The molecule has 1 heterocycles. The third-order valence-electron chi connectivity index (χ3n) is 5.08. The minimum Gasteiger partial charge on any atom is -0.352 e. The lowest BCUT2D eigenvalue weighted by atomic mass is 9.94. The van der Waals surface area contributed by atoms with E-state index in [-0.39, 0.29) is 30.7 Å². The van der Waals surface area contributed by atoms with Crippen LogP contribution in [0.2, 0.25) is 5.02 Å². The quantitative estimate of drug-likeness (QED) is 0.624. The molecule has 0 saturated heterocycles. The maximum absolute atomic E-state index is 12.8.